The molecule has 0 aliphatic rings. The standard InChI is InChI=1S/C13H22N4O4/c1-6-7-16(8-10(18)21-5)13-12(17(19)20)11(9(2)3)14-15(13)4/h9H,6-8H2,1-5H3. The quantitative estimate of drug-likeness (QED) is 0.433. The highest BCUT2D eigenvalue weighted by Crippen LogP contribution is 2.35. The fourth-order valence-corrected chi connectivity index (χ4v) is 2.19. The molecule has 0 atom stereocenters. The van der Waals surface area contributed by atoms with Crippen LogP contribution in [0.3, 0.4) is 0 Å². The minimum Gasteiger partial charge on any atom is -0.468 e. The summed E-state index contributed by atoms with van der Waals surface area (Å²) in [6, 6.07) is 0. The van der Waals surface area contributed by atoms with Gasteiger partial charge in [-0.05, 0) is 6.42 Å². The first-order valence-corrected chi connectivity index (χ1v) is 6.86. The molecule has 0 aliphatic carbocycles. The highest BCUT2D eigenvalue weighted by Gasteiger charge is 2.32. The third-order valence-corrected chi connectivity index (χ3v) is 3.09. The molecule has 118 valence electrons. The van der Waals surface area contributed by atoms with Gasteiger partial charge in [0.25, 0.3) is 0 Å². The van der Waals surface area contributed by atoms with Crippen LogP contribution in [0.15, 0.2) is 0 Å². The molecule has 0 N–H and O–H groups in total. The van der Waals surface area contributed by atoms with E-state index in [-0.39, 0.29) is 18.2 Å². The SMILES string of the molecule is CCCN(CC(=O)OC)c1c([N+](=O)[O-])c(C(C)C)nn1C. The Morgan fingerprint density at radius 2 is 2.14 bits per heavy atom. The van der Waals surface area contributed by atoms with Crippen LogP contribution in [0, 0.1) is 10.1 Å². The van der Waals surface area contributed by atoms with E-state index in [1.54, 1.807) is 11.9 Å². The van der Waals surface area contributed by atoms with E-state index in [2.05, 4.69) is 9.84 Å². The van der Waals surface area contributed by atoms with Gasteiger partial charge >= 0.3 is 11.7 Å². The van der Waals surface area contributed by atoms with Crippen LogP contribution in [-0.2, 0) is 16.6 Å². The molecule has 0 saturated heterocycles. The van der Waals surface area contributed by atoms with Crippen LogP contribution in [0.1, 0.15) is 38.8 Å². The van der Waals surface area contributed by atoms with Crippen LogP contribution >= 0.6 is 0 Å². The second-order valence-electron chi connectivity index (χ2n) is 5.09. The van der Waals surface area contributed by atoms with Crippen LogP contribution in [-0.4, -0.2) is 40.9 Å². The molecule has 0 radical (unpaired) electrons. The predicted octanol–water partition coefficient (Wildman–Crippen LogP) is 1.84. The van der Waals surface area contributed by atoms with Gasteiger partial charge in [-0.15, -0.1) is 0 Å². The summed E-state index contributed by atoms with van der Waals surface area (Å²) >= 11 is 0. The Labute approximate surface area is 123 Å². The summed E-state index contributed by atoms with van der Waals surface area (Å²) in [5.74, 6) is -0.173. The van der Waals surface area contributed by atoms with E-state index in [1.807, 2.05) is 20.8 Å². The number of carbonyl (C=O) groups is 1. The van der Waals surface area contributed by atoms with Gasteiger partial charge in [0.1, 0.15) is 12.2 Å². The second kappa shape index (κ2) is 7.05. The normalized spacial score (nSPS) is 10.8. The molecule has 0 amide bonds. The summed E-state index contributed by atoms with van der Waals surface area (Å²) in [4.78, 5) is 24.2. The van der Waals surface area contributed by atoms with Gasteiger partial charge in [-0.2, -0.15) is 5.10 Å². The van der Waals surface area contributed by atoms with Crippen molar-refractivity contribution in [3.63, 3.8) is 0 Å². The number of carbonyl (C=O) groups excluding carboxylic acids is 1. The Morgan fingerprint density at radius 3 is 2.57 bits per heavy atom. The van der Waals surface area contributed by atoms with Gasteiger partial charge in [-0.1, -0.05) is 20.8 Å². The number of anilines is 1. The molecule has 0 aromatic carbocycles. The molecule has 1 aromatic rings. The number of nitrogens with zero attached hydrogens (tertiary/aromatic N) is 4. The minimum atomic E-state index is -0.440. The third kappa shape index (κ3) is 3.71. The van der Waals surface area contributed by atoms with Crippen molar-refractivity contribution in [2.24, 2.45) is 7.05 Å². The molecule has 8 heteroatoms. The van der Waals surface area contributed by atoms with Gasteiger partial charge in [0.15, 0.2) is 0 Å². The summed E-state index contributed by atoms with van der Waals surface area (Å²) in [6.45, 7) is 6.11. The molecule has 0 spiro atoms. The summed E-state index contributed by atoms with van der Waals surface area (Å²) in [6.07, 6.45) is 0.746. The van der Waals surface area contributed by atoms with E-state index in [0.717, 1.165) is 6.42 Å². The van der Waals surface area contributed by atoms with Gasteiger partial charge in [0.2, 0.25) is 5.82 Å². The lowest BCUT2D eigenvalue weighted by atomic mass is 10.1. The number of esters is 1. The molecular weight excluding hydrogens is 276 g/mol. The molecule has 1 heterocycles. The average molecular weight is 298 g/mol. The van der Waals surface area contributed by atoms with Gasteiger partial charge < -0.3 is 9.64 Å². The Hall–Kier alpha value is -2.12. The number of rotatable bonds is 7. The second-order valence-corrected chi connectivity index (χ2v) is 5.09. The largest absolute Gasteiger partial charge is 0.468 e. The molecule has 0 bridgehead atoms. The van der Waals surface area contributed by atoms with Gasteiger partial charge in [-0.25, -0.2) is 4.68 Å². The van der Waals surface area contributed by atoms with Crippen molar-refractivity contribution >= 4 is 17.5 Å². The van der Waals surface area contributed by atoms with Crippen molar-refractivity contribution in [2.45, 2.75) is 33.1 Å². The number of aryl methyl sites for hydroxylation is 1. The molecule has 21 heavy (non-hydrogen) atoms. The first-order chi connectivity index (χ1) is 9.83. The van der Waals surface area contributed by atoms with Crippen molar-refractivity contribution in [1.82, 2.24) is 9.78 Å². The Bertz CT molecular complexity index is 524. The first kappa shape index (κ1) is 16.9. The van der Waals surface area contributed by atoms with Crippen LogP contribution < -0.4 is 4.90 Å². The molecule has 8 nitrogen and oxygen atoms in total. The maximum absolute atomic E-state index is 11.5. The zero-order valence-corrected chi connectivity index (χ0v) is 13.1. The zero-order valence-electron chi connectivity index (χ0n) is 13.1. The van der Waals surface area contributed by atoms with Crippen LogP contribution in [0.4, 0.5) is 11.5 Å². The van der Waals surface area contributed by atoms with E-state index in [0.29, 0.717) is 18.1 Å². The molecule has 0 fully saturated rings. The summed E-state index contributed by atoms with van der Waals surface area (Å²) in [5.41, 5.74) is 0.383. The van der Waals surface area contributed by atoms with Crippen molar-refractivity contribution < 1.29 is 14.5 Å². The maximum atomic E-state index is 11.5. The topological polar surface area (TPSA) is 90.5 Å². The minimum absolute atomic E-state index is 0.0372. The molecular formula is C13H22N4O4. The highest BCUT2D eigenvalue weighted by atomic mass is 16.6. The third-order valence-electron chi connectivity index (χ3n) is 3.09. The molecule has 0 saturated carbocycles. The Balaban J connectivity index is 3.35. The Kier molecular flexibility index (Phi) is 5.69. The molecule has 0 unspecified atom stereocenters. The van der Waals surface area contributed by atoms with E-state index in [1.165, 1.54) is 11.8 Å². The van der Waals surface area contributed by atoms with Crippen molar-refractivity contribution in [3.05, 3.63) is 15.8 Å². The number of hydrogen-bond acceptors (Lipinski definition) is 6. The van der Waals surface area contributed by atoms with Crippen LogP contribution in [0.5, 0.6) is 0 Å². The van der Waals surface area contributed by atoms with Gasteiger partial charge in [-0.3, -0.25) is 14.9 Å². The number of aromatic nitrogens is 2. The van der Waals surface area contributed by atoms with E-state index in [9.17, 15) is 14.9 Å². The van der Waals surface area contributed by atoms with Crippen molar-refractivity contribution in [1.29, 1.82) is 0 Å². The van der Waals surface area contributed by atoms with E-state index in [4.69, 9.17) is 0 Å². The average Bonchev–Trinajstić information content (AvgIpc) is 2.76. The lowest BCUT2D eigenvalue weighted by Gasteiger charge is -2.21. The number of methoxy groups -OCH3 is 1. The zero-order chi connectivity index (χ0) is 16.2. The number of nitro groups is 1. The van der Waals surface area contributed by atoms with Crippen molar-refractivity contribution in [2.75, 3.05) is 25.1 Å². The molecule has 1 aromatic heterocycles. The Morgan fingerprint density at radius 1 is 1.52 bits per heavy atom. The molecule has 0 aliphatic heterocycles. The number of hydrogen-bond donors (Lipinski definition) is 0. The first-order valence-electron chi connectivity index (χ1n) is 6.86. The maximum Gasteiger partial charge on any atom is 0.334 e. The smallest absolute Gasteiger partial charge is 0.334 e. The monoisotopic (exact) mass is 298 g/mol. The lowest BCUT2D eigenvalue weighted by Crippen LogP contribution is -2.33. The van der Waals surface area contributed by atoms with Gasteiger partial charge in [0, 0.05) is 19.5 Å². The van der Waals surface area contributed by atoms with Gasteiger partial charge in [0.05, 0.1) is 12.0 Å². The van der Waals surface area contributed by atoms with Crippen LogP contribution in [0.2, 0.25) is 0 Å². The summed E-state index contributed by atoms with van der Waals surface area (Å²) in [7, 11) is 2.94. The highest BCUT2D eigenvalue weighted by molar-refractivity contribution is 5.77. The van der Waals surface area contributed by atoms with E-state index >= 15 is 0 Å². The predicted molar refractivity (Wildman–Crippen MR) is 78.5 cm³/mol. The summed E-state index contributed by atoms with van der Waals surface area (Å²) in [5, 5.41) is 15.7. The van der Waals surface area contributed by atoms with E-state index < -0.39 is 10.9 Å². The number of ether oxygens (including phenoxy) is 1. The lowest BCUT2D eigenvalue weighted by molar-refractivity contribution is -0.385. The fourth-order valence-electron chi connectivity index (χ4n) is 2.19. The van der Waals surface area contributed by atoms with Crippen molar-refractivity contribution in [3.8, 4) is 0 Å². The molecule has 1 rings (SSSR count). The summed E-state index contributed by atoms with van der Waals surface area (Å²) < 4.78 is 6.13. The fraction of sp³-hybridized carbons (Fsp3) is 0.692. The van der Waals surface area contributed by atoms with Crippen LogP contribution in [0.25, 0.3) is 0 Å².